The van der Waals surface area contributed by atoms with Crippen LogP contribution in [0.2, 0.25) is 0 Å². The van der Waals surface area contributed by atoms with E-state index in [9.17, 15) is 22.0 Å². The number of halogens is 2. The molecule has 1 aromatic heterocycles. The Kier molecular flexibility index (Phi) is 6.97. The summed E-state index contributed by atoms with van der Waals surface area (Å²) in [6, 6.07) is 8.40. The van der Waals surface area contributed by atoms with Crippen LogP contribution in [0.5, 0.6) is 11.8 Å². The highest BCUT2D eigenvalue weighted by Crippen LogP contribution is 2.27. The molecule has 0 radical (unpaired) electrons. The Labute approximate surface area is 196 Å². The number of oxazole rings is 1. The number of ether oxygens (including phenoxy) is 1. The van der Waals surface area contributed by atoms with Crippen molar-refractivity contribution in [1.29, 1.82) is 0 Å². The Bertz CT molecular complexity index is 1280. The third-order valence-electron chi connectivity index (χ3n) is 4.84. The van der Waals surface area contributed by atoms with Crippen molar-refractivity contribution < 1.29 is 31.1 Å². The molecule has 34 heavy (non-hydrogen) atoms. The molecule has 0 aliphatic rings. The molecule has 0 unspecified atom stereocenters. The van der Waals surface area contributed by atoms with E-state index in [-0.39, 0.29) is 22.7 Å². The fourth-order valence-electron chi connectivity index (χ4n) is 3.01. The lowest BCUT2D eigenvalue weighted by molar-refractivity contribution is 0.0934. The van der Waals surface area contributed by atoms with Crippen molar-refractivity contribution in [2.45, 2.75) is 39.2 Å². The average molecular weight is 494 g/mol. The molecule has 1 amide bonds. The molecular formula is C23H25F2N3O5S. The zero-order valence-electron chi connectivity index (χ0n) is 19.3. The van der Waals surface area contributed by atoms with E-state index in [0.717, 1.165) is 30.2 Å². The summed E-state index contributed by atoms with van der Waals surface area (Å²) in [4.78, 5) is 16.5. The van der Waals surface area contributed by atoms with Crippen LogP contribution in [-0.4, -0.2) is 25.6 Å². The molecule has 3 rings (SSSR count). The lowest BCUT2D eigenvalue weighted by atomic mass is 9.87. The highest BCUT2D eigenvalue weighted by atomic mass is 32.2. The van der Waals surface area contributed by atoms with Gasteiger partial charge in [0.2, 0.25) is 10.0 Å². The number of hydrogen-bond acceptors (Lipinski definition) is 6. The van der Waals surface area contributed by atoms with Crippen molar-refractivity contribution in [2.75, 3.05) is 11.0 Å². The first kappa shape index (κ1) is 25.2. The van der Waals surface area contributed by atoms with Crippen molar-refractivity contribution >= 4 is 21.6 Å². The molecule has 182 valence electrons. The number of carbonyl (C=O) groups is 1. The maximum Gasteiger partial charge on any atom is 0.399 e. The molecule has 0 aliphatic heterocycles. The van der Waals surface area contributed by atoms with Gasteiger partial charge in [0.15, 0.2) is 17.3 Å². The van der Waals surface area contributed by atoms with Crippen LogP contribution >= 0.6 is 0 Å². The fourth-order valence-corrected chi connectivity index (χ4v) is 3.58. The number of hydrogen-bond donors (Lipinski definition) is 2. The fraction of sp³-hybridized carbons (Fsp3) is 0.304. The van der Waals surface area contributed by atoms with Crippen LogP contribution in [0.1, 0.15) is 55.4 Å². The summed E-state index contributed by atoms with van der Waals surface area (Å²) in [7, 11) is -3.87. The average Bonchev–Trinajstić information content (AvgIpc) is 3.18. The number of amides is 1. The maximum absolute atomic E-state index is 14.2. The van der Waals surface area contributed by atoms with Gasteiger partial charge < -0.3 is 14.5 Å². The molecule has 11 heteroatoms. The Balaban J connectivity index is 1.67. The summed E-state index contributed by atoms with van der Waals surface area (Å²) >= 11 is 0. The quantitative estimate of drug-likeness (QED) is 0.484. The lowest BCUT2D eigenvalue weighted by Crippen LogP contribution is -2.27. The van der Waals surface area contributed by atoms with Crippen LogP contribution in [0, 0.1) is 11.6 Å². The van der Waals surface area contributed by atoms with E-state index in [1.54, 1.807) is 16.9 Å². The summed E-state index contributed by atoms with van der Waals surface area (Å²) in [5, 5.41) is 2.55. The number of carbonyl (C=O) groups excluding carboxylic acids is 1. The van der Waals surface area contributed by atoms with E-state index in [2.05, 4.69) is 31.1 Å². The van der Waals surface area contributed by atoms with Gasteiger partial charge in [0.1, 0.15) is 17.7 Å². The van der Waals surface area contributed by atoms with Crippen molar-refractivity contribution in [3.8, 4) is 11.8 Å². The maximum atomic E-state index is 14.2. The third-order valence-corrected chi connectivity index (χ3v) is 5.42. The van der Waals surface area contributed by atoms with Crippen LogP contribution in [0.4, 0.5) is 14.5 Å². The molecule has 8 nitrogen and oxygen atoms in total. The first-order valence-corrected chi connectivity index (χ1v) is 12.1. The molecule has 0 saturated heterocycles. The normalized spacial score (nSPS) is 12.8. The van der Waals surface area contributed by atoms with Crippen molar-refractivity contribution in [2.24, 2.45) is 0 Å². The minimum atomic E-state index is -3.87. The number of rotatable bonds is 7. The van der Waals surface area contributed by atoms with Gasteiger partial charge in [-0.25, -0.2) is 17.2 Å². The predicted octanol–water partition coefficient (Wildman–Crippen LogP) is 4.91. The second kappa shape index (κ2) is 9.41. The molecular weight excluding hydrogens is 468 g/mol. The van der Waals surface area contributed by atoms with Gasteiger partial charge in [-0.15, -0.1) is 0 Å². The predicted molar refractivity (Wildman–Crippen MR) is 122 cm³/mol. The number of nitrogens with zero attached hydrogens (tertiary/aromatic N) is 1. The molecule has 1 heterocycles. The van der Waals surface area contributed by atoms with Gasteiger partial charge in [0.05, 0.1) is 12.3 Å². The molecule has 2 aromatic carbocycles. The zero-order chi connectivity index (χ0) is 25.3. The first-order chi connectivity index (χ1) is 15.7. The van der Waals surface area contributed by atoms with Crippen LogP contribution in [0.3, 0.4) is 0 Å². The number of aromatic nitrogens is 1. The van der Waals surface area contributed by atoms with Crippen LogP contribution in [-0.2, 0) is 15.4 Å². The van der Waals surface area contributed by atoms with Gasteiger partial charge in [-0.1, -0.05) is 32.9 Å². The smallest absolute Gasteiger partial charge is 0.399 e. The highest BCUT2D eigenvalue weighted by molar-refractivity contribution is 7.92. The van der Waals surface area contributed by atoms with Crippen LogP contribution < -0.4 is 14.8 Å². The lowest BCUT2D eigenvalue weighted by Gasteiger charge is -2.18. The molecule has 0 fully saturated rings. The van der Waals surface area contributed by atoms with Gasteiger partial charge in [0, 0.05) is 0 Å². The van der Waals surface area contributed by atoms with Gasteiger partial charge >= 0.3 is 6.08 Å². The van der Waals surface area contributed by atoms with Gasteiger partial charge in [-0.3, -0.25) is 9.52 Å². The molecule has 0 bridgehead atoms. The summed E-state index contributed by atoms with van der Waals surface area (Å²) in [6.07, 6.45) is 1.73. The second-order valence-electron chi connectivity index (χ2n) is 8.80. The number of benzene rings is 2. The Morgan fingerprint density at radius 3 is 2.24 bits per heavy atom. The minimum absolute atomic E-state index is 0.0141. The van der Waals surface area contributed by atoms with E-state index < -0.39 is 39.3 Å². The number of nitrogens with one attached hydrogen (secondary N) is 2. The third kappa shape index (κ3) is 6.31. The monoisotopic (exact) mass is 493 g/mol. The number of anilines is 1. The molecule has 0 spiro atoms. The van der Waals surface area contributed by atoms with Crippen LogP contribution in [0.25, 0.3) is 0 Å². The Hall–Kier alpha value is -3.47. The SMILES string of the molecule is C[C@@H](NC(=O)c1coc(Oc2ccc(C(C)(C)C)cc2)n1)c1cc(F)c(NS(C)(=O)=O)c(F)c1. The van der Waals surface area contributed by atoms with Gasteiger partial charge in [-0.05, 0) is 47.7 Å². The van der Waals surface area contributed by atoms with Crippen molar-refractivity contribution in [3.05, 3.63) is 71.1 Å². The largest absolute Gasteiger partial charge is 0.416 e. The summed E-state index contributed by atoms with van der Waals surface area (Å²) in [5.74, 6) is -2.41. The topological polar surface area (TPSA) is 111 Å². The standard InChI is InChI=1S/C23H25F2N3O5S/c1-13(14-10-17(24)20(18(25)11-14)28-34(5,30)31)26-21(29)19-12-32-22(27-19)33-16-8-6-15(7-9-16)23(2,3)4/h6-13,28H,1-5H3,(H,26,29)/t13-/m1/s1. The van der Waals surface area contributed by atoms with Gasteiger partial charge in [-0.2, -0.15) is 4.98 Å². The number of sulfonamides is 1. The summed E-state index contributed by atoms with van der Waals surface area (Å²) in [6.45, 7) is 7.77. The van der Waals surface area contributed by atoms with Crippen molar-refractivity contribution in [1.82, 2.24) is 10.3 Å². The van der Waals surface area contributed by atoms with E-state index in [1.807, 2.05) is 12.1 Å². The zero-order valence-corrected chi connectivity index (χ0v) is 20.1. The molecule has 0 aliphatic carbocycles. The Morgan fingerprint density at radius 2 is 1.71 bits per heavy atom. The first-order valence-electron chi connectivity index (χ1n) is 10.2. The van der Waals surface area contributed by atoms with Gasteiger partial charge in [0.25, 0.3) is 5.91 Å². The summed E-state index contributed by atoms with van der Waals surface area (Å²) in [5.41, 5.74) is 0.304. The second-order valence-corrected chi connectivity index (χ2v) is 10.6. The van der Waals surface area contributed by atoms with E-state index in [4.69, 9.17) is 9.15 Å². The molecule has 2 N–H and O–H groups in total. The van der Waals surface area contributed by atoms with E-state index in [1.165, 1.54) is 6.92 Å². The summed E-state index contributed by atoms with van der Waals surface area (Å²) < 4.78 is 63.5. The molecule has 1 atom stereocenters. The van der Waals surface area contributed by atoms with Crippen molar-refractivity contribution in [3.63, 3.8) is 0 Å². The Morgan fingerprint density at radius 1 is 1.12 bits per heavy atom. The van der Waals surface area contributed by atoms with Crippen LogP contribution in [0.15, 0.2) is 47.1 Å². The van der Waals surface area contributed by atoms with E-state index >= 15 is 0 Å². The minimum Gasteiger partial charge on any atom is -0.416 e. The van der Waals surface area contributed by atoms with E-state index in [0.29, 0.717) is 5.75 Å². The highest BCUT2D eigenvalue weighted by Gasteiger charge is 2.21. The molecule has 0 saturated carbocycles. The molecule has 3 aromatic rings.